The number of hydrogen-bond donors (Lipinski definition) is 1. The van der Waals surface area contributed by atoms with E-state index in [4.69, 9.17) is 11.6 Å². The molecule has 0 aromatic heterocycles. The molecule has 1 aliphatic rings. The summed E-state index contributed by atoms with van der Waals surface area (Å²) in [5.74, 6) is -0.585. The third kappa shape index (κ3) is 3.07. The first-order valence-electron chi connectivity index (χ1n) is 5.84. The van der Waals surface area contributed by atoms with Crippen LogP contribution in [0.25, 0.3) is 0 Å². The van der Waals surface area contributed by atoms with Crippen LogP contribution in [0.2, 0.25) is 5.02 Å². The maximum atomic E-state index is 13.0. The molecule has 0 atom stereocenters. The van der Waals surface area contributed by atoms with Crippen LogP contribution in [-0.2, 0) is 4.79 Å². The molecule has 2 rings (SSSR count). The number of benzene rings is 1. The molecule has 1 fully saturated rings. The van der Waals surface area contributed by atoms with Crippen LogP contribution < -0.4 is 5.32 Å². The minimum Gasteiger partial charge on any atom is -0.349 e. The molecule has 18 heavy (non-hydrogen) atoms. The Balaban J connectivity index is 1.99. The van der Waals surface area contributed by atoms with Crippen molar-refractivity contribution in [1.82, 2.24) is 5.32 Å². The average molecular weight is 270 g/mol. The molecule has 0 spiro atoms. The Morgan fingerprint density at radius 3 is 2.61 bits per heavy atom. The van der Waals surface area contributed by atoms with Gasteiger partial charge in [-0.2, -0.15) is 0 Å². The van der Waals surface area contributed by atoms with E-state index in [0.717, 1.165) is 0 Å². The van der Waals surface area contributed by atoms with Gasteiger partial charge in [-0.05, 0) is 31.0 Å². The number of nitrogens with one attached hydrogen (secondary N) is 1. The number of halogens is 2. The number of rotatable bonds is 2. The second-order valence-electron chi connectivity index (χ2n) is 4.42. The number of hydrogen-bond acceptors (Lipinski definition) is 2. The summed E-state index contributed by atoms with van der Waals surface area (Å²) in [5.41, 5.74) is 0.332. The van der Waals surface area contributed by atoms with Crippen LogP contribution in [0.4, 0.5) is 4.39 Å². The van der Waals surface area contributed by atoms with Gasteiger partial charge in [-0.25, -0.2) is 4.39 Å². The quantitative estimate of drug-likeness (QED) is 0.897. The lowest BCUT2D eigenvalue weighted by Crippen LogP contribution is -2.37. The Bertz CT molecular complexity index is 480. The van der Waals surface area contributed by atoms with Crippen LogP contribution in [0.3, 0.4) is 0 Å². The molecule has 1 aromatic carbocycles. The third-order valence-electron chi connectivity index (χ3n) is 3.06. The number of Topliss-reactive ketones (excluding diaryl/α,β-unsaturated/α-hetero) is 1. The summed E-state index contributed by atoms with van der Waals surface area (Å²) in [4.78, 5) is 23.0. The SMILES string of the molecule is O=C1CCC(NC(=O)c2ccc(F)c(Cl)c2)CC1. The highest BCUT2D eigenvalue weighted by molar-refractivity contribution is 6.31. The maximum absolute atomic E-state index is 13.0. The first-order valence-corrected chi connectivity index (χ1v) is 6.21. The van der Waals surface area contributed by atoms with Crippen LogP contribution in [0, 0.1) is 5.82 Å². The van der Waals surface area contributed by atoms with Crippen LogP contribution in [0.5, 0.6) is 0 Å². The van der Waals surface area contributed by atoms with E-state index in [1.165, 1.54) is 18.2 Å². The zero-order valence-corrected chi connectivity index (χ0v) is 10.5. The molecule has 3 nitrogen and oxygen atoms in total. The molecular formula is C13H13ClFNO2. The van der Waals surface area contributed by atoms with Crippen molar-refractivity contribution in [2.24, 2.45) is 0 Å². The van der Waals surface area contributed by atoms with Gasteiger partial charge in [0, 0.05) is 24.4 Å². The summed E-state index contributed by atoms with van der Waals surface area (Å²) in [6.45, 7) is 0. The number of amides is 1. The van der Waals surface area contributed by atoms with Crippen molar-refractivity contribution >= 4 is 23.3 Å². The molecule has 0 saturated heterocycles. The standard InChI is InChI=1S/C13H13ClFNO2/c14-11-7-8(1-6-12(11)15)13(18)16-9-2-4-10(17)5-3-9/h1,6-7,9H,2-5H2,(H,16,18). The number of carbonyl (C=O) groups is 2. The number of carbonyl (C=O) groups excluding carboxylic acids is 2. The Morgan fingerprint density at radius 2 is 2.00 bits per heavy atom. The van der Waals surface area contributed by atoms with Crippen molar-refractivity contribution in [3.8, 4) is 0 Å². The van der Waals surface area contributed by atoms with Gasteiger partial charge in [-0.1, -0.05) is 11.6 Å². The molecule has 0 unspecified atom stereocenters. The molecule has 0 aliphatic heterocycles. The van der Waals surface area contributed by atoms with Gasteiger partial charge in [-0.3, -0.25) is 9.59 Å². The normalized spacial score (nSPS) is 16.7. The Labute approximate surface area is 109 Å². The van der Waals surface area contributed by atoms with E-state index in [2.05, 4.69) is 5.32 Å². The monoisotopic (exact) mass is 269 g/mol. The first-order chi connectivity index (χ1) is 8.56. The predicted octanol–water partition coefficient (Wildman–Crippen LogP) is 2.72. The van der Waals surface area contributed by atoms with Gasteiger partial charge < -0.3 is 5.32 Å². The van der Waals surface area contributed by atoms with Crippen molar-refractivity contribution in [1.29, 1.82) is 0 Å². The van der Waals surface area contributed by atoms with Gasteiger partial charge in [0.05, 0.1) is 5.02 Å². The predicted molar refractivity (Wildman–Crippen MR) is 66.1 cm³/mol. The van der Waals surface area contributed by atoms with E-state index < -0.39 is 5.82 Å². The van der Waals surface area contributed by atoms with Crippen molar-refractivity contribution in [3.63, 3.8) is 0 Å². The molecule has 0 radical (unpaired) electrons. The summed E-state index contributed by atoms with van der Waals surface area (Å²) in [6.07, 6.45) is 2.35. The van der Waals surface area contributed by atoms with Crippen LogP contribution >= 0.6 is 11.6 Å². The Morgan fingerprint density at radius 1 is 1.33 bits per heavy atom. The molecule has 1 saturated carbocycles. The van der Waals surface area contributed by atoms with E-state index in [1.807, 2.05) is 0 Å². The highest BCUT2D eigenvalue weighted by atomic mass is 35.5. The molecule has 1 aliphatic carbocycles. The van der Waals surface area contributed by atoms with E-state index in [-0.39, 0.29) is 22.8 Å². The molecule has 96 valence electrons. The van der Waals surface area contributed by atoms with Gasteiger partial charge in [0.15, 0.2) is 0 Å². The third-order valence-corrected chi connectivity index (χ3v) is 3.35. The summed E-state index contributed by atoms with van der Waals surface area (Å²) in [6, 6.07) is 3.88. The topological polar surface area (TPSA) is 46.2 Å². The minimum absolute atomic E-state index is 0.0130. The minimum atomic E-state index is -0.545. The second kappa shape index (κ2) is 5.48. The van der Waals surface area contributed by atoms with Crippen molar-refractivity contribution in [2.75, 3.05) is 0 Å². The van der Waals surface area contributed by atoms with Crippen LogP contribution in [0.15, 0.2) is 18.2 Å². The summed E-state index contributed by atoms with van der Waals surface area (Å²) in [5, 5.41) is 2.76. The molecule has 0 heterocycles. The van der Waals surface area contributed by atoms with Crippen molar-refractivity contribution < 1.29 is 14.0 Å². The van der Waals surface area contributed by atoms with Gasteiger partial charge >= 0.3 is 0 Å². The van der Waals surface area contributed by atoms with Gasteiger partial charge in [0.25, 0.3) is 5.91 Å². The van der Waals surface area contributed by atoms with Gasteiger partial charge in [0.2, 0.25) is 0 Å². The highest BCUT2D eigenvalue weighted by Crippen LogP contribution is 2.18. The fourth-order valence-electron chi connectivity index (χ4n) is 1.99. The molecule has 1 amide bonds. The molecule has 5 heteroatoms. The molecule has 0 bridgehead atoms. The fraction of sp³-hybridized carbons (Fsp3) is 0.385. The Hall–Kier alpha value is -1.42. The molecule has 1 N–H and O–H groups in total. The first kappa shape index (κ1) is 13.0. The van der Waals surface area contributed by atoms with Gasteiger partial charge in [-0.15, -0.1) is 0 Å². The van der Waals surface area contributed by atoms with Crippen molar-refractivity contribution in [3.05, 3.63) is 34.6 Å². The van der Waals surface area contributed by atoms with E-state index in [9.17, 15) is 14.0 Å². The fourth-order valence-corrected chi connectivity index (χ4v) is 2.17. The van der Waals surface area contributed by atoms with E-state index in [0.29, 0.717) is 31.2 Å². The zero-order chi connectivity index (χ0) is 13.1. The van der Waals surface area contributed by atoms with Crippen LogP contribution in [0.1, 0.15) is 36.0 Å². The van der Waals surface area contributed by atoms with Crippen LogP contribution in [-0.4, -0.2) is 17.7 Å². The second-order valence-corrected chi connectivity index (χ2v) is 4.82. The van der Waals surface area contributed by atoms with E-state index >= 15 is 0 Å². The largest absolute Gasteiger partial charge is 0.349 e. The lowest BCUT2D eigenvalue weighted by atomic mass is 9.94. The zero-order valence-electron chi connectivity index (χ0n) is 9.71. The lowest BCUT2D eigenvalue weighted by molar-refractivity contribution is -0.120. The number of ketones is 1. The smallest absolute Gasteiger partial charge is 0.251 e. The summed E-state index contributed by atoms with van der Waals surface area (Å²) in [7, 11) is 0. The maximum Gasteiger partial charge on any atom is 0.251 e. The molecular weight excluding hydrogens is 257 g/mol. The molecule has 1 aromatic rings. The average Bonchev–Trinajstić information content (AvgIpc) is 2.35. The van der Waals surface area contributed by atoms with Gasteiger partial charge in [0.1, 0.15) is 11.6 Å². The lowest BCUT2D eigenvalue weighted by Gasteiger charge is -2.22. The van der Waals surface area contributed by atoms with Crippen molar-refractivity contribution in [2.45, 2.75) is 31.7 Å². The summed E-state index contributed by atoms with van der Waals surface area (Å²) >= 11 is 5.62. The Kier molecular flexibility index (Phi) is 3.97. The summed E-state index contributed by atoms with van der Waals surface area (Å²) < 4.78 is 13.0. The van der Waals surface area contributed by atoms with E-state index in [1.54, 1.807) is 0 Å². The highest BCUT2D eigenvalue weighted by Gasteiger charge is 2.20.